The van der Waals surface area contributed by atoms with E-state index in [1.165, 1.54) is 0 Å². The molecule has 3 rings (SSSR count). The summed E-state index contributed by atoms with van der Waals surface area (Å²) < 4.78 is 5.74. The van der Waals surface area contributed by atoms with Crippen molar-refractivity contribution in [1.82, 2.24) is 9.88 Å². The zero-order chi connectivity index (χ0) is 18.2. The molecule has 1 saturated heterocycles. The quantitative estimate of drug-likeness (QED) is 0.830. The van der Waals surface area contributed by atoms with Gasteiger partial charge in [0, 0.05) is 38.5 Å². The van der Waals surface area contributed by atoms with E-state index >= 15 is 0 Å². The molecule has 1 aromatic heterocycles. The van der Waals surface area contributed by atoms with Gasteiger partial charge in [-0.2, -0.15) is 0 Å². The summed E-state index contributed by atoms with van der Waals surface area (Å²) in [5.74, 6) is 0.685. The summed E-state index contributed by atoms with van der Waals surface area (Å²) in [6.45, 7) is 1.94. The van der Waals surface area contributed by atoms with Crippen molar-refractivity contribution in [3.63, 3.8) is 0 Å². The molecule has 1 aliphatic rings. The number of ether oxygens (including phenoxy) is 1. The normalized spacial score (nSPS) is 16.7. The van der Waals surface area contributed by atoms with E-state index in [1.807, 2.05) is 47.4 Å². The molecule has 0 unspecified atom stereocenters. The first-order valence-corrected chi connectivity index (χ1v) is 9.02. The molecule has 26 heavy (non-hydrogen) atoms. The standard InChI is InChI=1S/C21H25N3O2/c1-22-20-15-18(11-12-23-20)21(25)24(16-19-10-6-14-26-19)13-5-9-17-7-3-2-4-8-17/h2-5,7-9,11-12,15,19H,6,10,13-14,16H2,1H3,(H,22,23)/b9-5+/t19-/m0/s1. The number of hydrogen-bond donors (Lipinski definition) is 1. The average Bonchev–Trinajstić information content (AvgIpc) is 3.21. The van der Waals surface area contributed by atoms with Crippen LogP contribution in [0.25, 0.3) is 6.08 Å². The highest BCUT2D eigenvalue weighted by atomic mass is 16.5. The summed E-state index contributed by atoms with van der Waals surface area (Å²) in [6.07, 6.45) is 7.91. The predicted octanol–water partition coefficient (Wildman–Crippen LogP) is 3.46. The van der Waals surface area contributed by atoms with Gasteiger partial charge in [0.05, 0.1) is 6.10 Å². The zero-order valence-corrected chi connectivity index (χ0v) is 15.1. The van der Waals surface area contributed by atoms with Gasteiger partial charge in [0.1, 0.15) is 5.82 Å². The largest absolute Gasteiger partial charge is 0.376 e. The second-order valence-corrected chi connectivity index (χ2v) is 6.34. The van der Waals surface area contributed by atoms with Gasteiger partial charge in [-0.3, -0.25) is 4.79 Å². The van der Waals surface area contributed by atoms with Crippen LogP contribution < -0.4 is 5.32 Å². The minimum absolute atomic E-state index is 0.00267. The second kappa shape index (κ2) is 9.15. The molecule has 1 atom stereocenters. The Hall–Kier alpha value is -2.66. The van der Waals surface area contributed by atoms with Crippen molar-refractivity contribution in [2.75, 3.05) is 32.1 Å². The second-order valence-electron chi connectivity index (χ2n) is 6.34. The summed E-state index contributed by atoms with van der Waals surface area (Å²) in [4.78, 5) is 19.1. The molecule has 1 aliphatic heterocycles. The van der Waals surface area contributed by atoms with Crippen LogP contribution in [0.4, 0.5) is 5.82 Å². The SMILES string of the molecule is CNc1cc(C(=O)N(C/C=C/c2ccccc2)C[C@@H]2CCCO2)ccn1. The van der Waals surface area contributed by atoms with Crippen LogP contribution >= 0.6 is 0 Å². The van der Waals surface area contributed by atoms with Gasteiger partial charge >= 0.3 is 0 Å². The highest BCUT2D eigenvalue weighted by molar-refractivity contribution is 5.95. The van der Waals surface area contributed by atoms with Crippen LogP contribution in [0.5, 0.6) is 0 Å². The van der Waals surface area contributed by atoms with Crippen LogP contribution in [0.3, 0.4) is 0 Å². The molecular weight excluding hydrogens is 326 g/mol. The fourth-order valence-corrected chi connectivity index (χ4v) is 3.04. The number of pyridine rings is 1. The Morgan fingerprint density at radius 2 is 2.19 bits per heavy atom. The molecule has 0 spiro atoms. The Labute approximate surface area is 154 Å². The minimum atomic E-state index is -0.00267. The molecule has 1 amide bonds. The first-order chi connectivity index (χ1) is 12.8. The summed E-state index contributed by atoms with van der Waals surface area (Å²) >= 11 is 0. The van der Waals surface area contributed by atoms with E-state index < -0.39 is 0 Å². The fraction of sp³-hybridized carbons (Fsp3) is 0.333. The lowest BCUT2D eigenvalue weighted by Gasteiger charge is -2.24. The lowest BCUT2D eigenvalue weighted by atomic mass is 10.1. The molecule has 1 aromatic carbocycles. The van der Waals surface area contributed by atoms with E-state index in [1.54, 1.807) is 25.4 Å². The number of anilines is 1. The highest BCUT2D eigenvalue weighted by Crippen LogP contribution is 2.16. The third-order valence-electron chi connectivity index (χ3n) is 4.43. The van der Waals surface area contributed by atoms with Crippen LogP contribution in [-0.2, 0) is 4.74 Å². The van der Waals surface area contributed by atoms with Crippen LogP contribution in [-0.4, -0.2) is 48.6 Å². The number of benzene rings is 1. The third kappa shape index (κ3) is 4.92. The lowest BCUT2D eigenvalue weighted by molar-refractivity contribution is 0.0554. The third-order valence-corrected chi connectivity index (χ3v) is 4.43. The average molecular weight is 351 g/mol. The minimum Gasteiger partial charge on any atom is -0.376 e. The van der Waals surface area contributed by atoms with E-state index in [-0.39, 0.29) is 12.0 Å². The van der Waals surface area contributed by atoms with Crippen molar-refractivity contribution in [3.8, 4) is 0 Å². The predicted molar refractivity (Wildman–Crippen MR) is 104 cm³/mol. The molecule has 136 valence electrons. The molecular formula is C21H25N3O2. The fourth-order valence-electron chi connectivity index (χ4n) is 3.04. The van der Waals surface area contributed by atoms with Crippen LogP contribution in [0, 0.1) is 0 Å². The summed E-state index contributed by atoms with van der Waals surface area (Å²) in [5, 5.41) is 2.98. The molecule has 1 N–H and O–H groups in total. The smallest absolute Gasteiger partial charge is 0.254 e. The number of nitrogens with zero attached hydrogens (tertiary/aromatic N) is 2. The number of rotatable bonds is 7. The molecule has 0 radical (unpaired) electrons. The van der Waals surface area contributed by atoms with Gasteiger partial charge in [-0.05, 0) is 30.5 Å². The van der Waals surface area contributed by atoms with E-state index in [2.05, 4.69) is 10.3 Å². The number of carbonyl (C=O) groups is 1. The molecule has 5 nitrogen and oxygen atoms in total. The van der Waals surface area contributed by atoms with Gasteiger partial charge in [-0.15, -0.1) is 0 Å². The maximum Gasteiger partial charge on any atom is 0.254 e. The van der Waals surface area contributed by atoms with Gasteiger partial charge in [-0.1, -0.05) is 42.5 Å². The summed E-state index contributed by atoms with van der Waals surface area (Å²) in [6, 6.07) is 13.6. The van der Waals surface area contributed by atoms with Crippen molar-refractivity contribution in [3.05, 3.63) is 65.9 Å². The number of hydrogen-bond acceptors (Lipinski definition) is 4. The summed E-state index contributed by atoms with van der Waals surface area (Å²) in [7, 11) is 1.79. The van der Waals surface area contributed by atoms with E-state index in [0.717, 1.165) is 25.0 Å². The van der Waals surface area contributed by atoms with E-state index in [0.29, 0.717) is 24.5 Å². The van der Waals surface area contributed by atoms with Crippen LogP contribution in [0.15, 0.2) is 54.7 Å². The van der Waals surface area contributed by atoms with Crippen LogP contribution in [0.2, 0.25) is 0 Å². The van der Waals surface area contributed by atoms with Gasteiger partial charge in [0.15, 0.2) is 0 Å². The Morgan fingerprint density at radius 1 is 1.35 bits per heavy atom. The topological polar surface area (TPSA) is 54.5 Å². The Kier molecular flexibility index (Phi) is 6.39. The van der Waals surface area contributed by atoms with E-state index in [9.17, 15) is 4.79 Å². The molecule has 1 fully saturated rings. The molecule has 2 heterocycles. The van der Waals surface area contributed by atoms with Gasteiger partial charge in [-0.25, -0.2) is 4.98 Å². The highest BCUT2D eigenvalue weighted by Gasteiger charge is 2.23. The lowest BCUT2D eigenvalue weighted by Crippen LogP contribution is -2.37. The number of carbonyl (C=O) groups excluding carboxylic acids is 1. The van der Waals surface area contributed by atoms with Crippen LogP contribution in [0.1, 0.15) is 28.8 Å². The Bertz CT molecular complexity index is 740. The summed E-state index contributed by atoms with van der Waals surface area (Å²) in [5.41, 5.74) is 1.76. The van der Waals surface area contributed by atoms with Crippen molar-refractivity contribution < 1.29 is 9.53 Å². The monoisotopic (exact) mass is 351 g/mol. The molecule has 0 saturated carbocycles. The molecule has 5 heteroatoms. The number of nitrogens with one attached hydrogen (secondary N) is 1. The maximum atomic E-state index is 13.0. The molecule has 0 bridgehead atoms. The maximum absolute atomic E-state index is 13.0. The molecule has 2 aromatic rings. The molecule has 0 aliphatic carbocycles. The first kappa shape index (κ1) is 18.1. The Balaban J connectivity index is 1.73. The number of aromatic nitrogens is 1. The van der Waals surface area contributed by atoms with Crippen molar-refractivity contribution in [1.29, 1.82) is 0 Å². The Morgan fingerprint density at radius 3 is 2.92 bits per heavy atom. The zero-order valence-electron chi connectivity index (χ0n) is 15.1. The van der Waals surface area contributed by atoms with Gasteiger partial charge < -0.3 is 15.0 Å². The van der Waals surface area contributed by atoms with Crippen molar-refractivity contribution in [2.45, 2.75) is 18.9 Å². The first-order valence-electron chi connectivity index (χ1n) is 9.02. The van der Waals surface area contributed by atoms with E-state index in [4.69, 9.17) is 4.74 Å². The van der Waals surface area contributed by atoms with Crippen molar-refractivity contribution in [2.24, 2.45) is 0 Å². The van der Waals surface area contributed by atoms with Gasteiger partial charge in [0.25, 0.3) is 5.91 Å². The van der Waals surface area contributed by atoms with Gasteiger partial charge in [0.2, 0.25) is 0 Å². The van der Waals surface area contributed by atoms with Crippen molar-refractivity contribution >= 4 is 17.8 Å². The number of amides is 1.